The molecule has 0 aromatic heterocycles. The van der Waals surface area contributed by atoms with E-state index in [1.54, 1.807) is 60.7 Å². The minimum absolute atomic E-state index is 0. The number of benzene rings is 2. The van der Waals surface area contributed by atoms with Gasteiger partial charge in [0.1, 0.15) is 0 Å². The molecule has 0 spiro atoms. The molecule has 5 heteroatoms. The molecule has 0 atom stereocenters. The minimum Gasteiger partial charge on any atom is -1.00 e. The second-order valence-corrected chi connectivity index (χ2v) is 3.47. The summed E-state index contributed by atoms with van der Waals surface area (Å²) in [5, 5.41) is 0. The van der Waals surface area contributed by atoms with Crippen molar-refractivity contribution in [1.29, 1.82) is 0 Å². The average molecular weight is 266 g/mol. The van der Waals surface area contributed by atoms with Crippen LogP contribution in [0.2, 0.25) is 0 Å². The molecule has 0 unspecified atom stereocenters. The van der Waals surface area contributed by atoms with Gasteiger partial charge in [-0.25, -0.2) is 19.4 Å². The summed E-state index contributed by atoms with van der Waals surface area (Å²) in [4.78, 5) is 31.9. The quantitative estimate of drug-likeness (QED) is 0.426. The molecule has 4 nitrogen and oxygen atoms in total. The first-order valence-electron chi connectivity index (χ1n) is 5.30. The van der Waals surface area contributed by atoms with E-state index in [4.69, 9.17) is 0 Å². The van der Waals surface area contributed by atoms with Crippen LogP contribution < -0.4 is 29.6 Å². The monoisotopic (exact) mass is 266 g/mol. The zero-order valence-electron chi connectivity index (χ0n) is 11.4. The third kappa shape index (κ3) is 4.52. The van der Waals surface area contributed by atoms with E-state index in [1.165, 1.54) is 0 Å². The normalized spacial score (nSPS) is 9.05. The predicted octanol–water partition coefficient (Wildman–Crippen LogP) is -0.268. The van der Waals surface area contributed by atoms with Crippen LogP contribution >= 0.6 is 0 Å². The van der Waals surface area contributed by atoms with Crippen LogP contribution in [0, 0.1) is 0 Å². The standard InChI is InChI=1S/C14H10O4.Na.H/c15-13(11-7-3-1-4-8-11)17-18-14(16)12-9-5-2-6-10-12;;/h1-10H;;/q;+1;-1. The van der Waals surface area contributed by atoms with Gasteiger partial charge in [-0.05, 0) is 24.3 Å². The van der Waals surface area contributed by atoms with Gasteiger partial charge in [0.25, 0.3) is 0 Å². The van der Waals surface area contributed by atoms with E-state index < -0.39 is 11.9 Å². The fourth-order valence-corrected chi connectivity index (χ4v) is 1.32. The molecule has 0 fully saturated rings. The largest absolute Gasteiger partial charge is 1.00 e. The van der Waals surface area contributed by atoms with Crippen LogP contribution in [0.25, 0.3) is 0 Å². The molecule has 2 aromatic carbocycles. The third-order valence-corrected chi connectivity index (χ3v) is 2.21. The summed E-state index contributed by atoms with van der Waals surface area (Å²) in [6, 6.07) is 16.6. The molecule has 0 aliphatic carbocycles. The number of hydrogen-bond donors (Lipinski definition) is 0. The van der Waals surface area contributed by atoms with Gasteiger partial charge >= 0.3 is 41.5 Å². The first-order valence-corrected chi connectivity index (χ1v) is 5.30. The maximum Gasteiger partial charge on any atom is 1.00 e. The Morgan fingerprint density at radius 1 is 0.684 bits per heavy atom. The zero-order chi connectivity index (χ0) is 12.8. The SMILES string of the molecule is O=C(OOC(=O)c1ccccc1)c1ccccc1.[H-].[Na+]. The molecule has 0 saturated carbocycles. The van der Waals surface area contributed by atoms with Crippen LogP contribution in [-0.2, 0) is 9.78 Å². The van der Waals surface area contributed by atoms with E-state index in [2.05, 4.69) is 9.78 Å². The van der Waals surface area contributed by atoms with Crippen molar-refractivity contribution in [1.82, 2.24) is 0 Å². The topological polar surface area (TPSA) is 52.6 Å². The second-order valence-electron chi connectivity index (χ2n) is 3.47. The summed E-state index contributed by atoms with van der Waals surface area (Å²) >= 11 is 0. The number of carbonyl (C=O) groups is 2. The molecular weight excluding hydrogens is 255 g/mol. The molecule has 0 heterocycles. The van der Waals surface area contributed by atoms with Gasteiger partial charge in [0.15, 0.2) is 0 Å². The van der Waals surface area contributed by atoms with Crippen LogP contribution in [0.4, 0.5) is 0 Å². The van der Waals surface area contributed by atoms with Gasteiger partial charge in [0, 0.05) is 0 Å². The number of rotatable bonds is 2. The fourth-order valence-electron chi connectivity index (χ4n) is 1.32. The van der Waals surface area contributed by atoms with Crippen molar-refractivity contribution in [3.8, 4) is 0 Å². The Morgan fingerprint density at radius 2 is 1.00 bits per heavy atom. The smallest absolute Gasteiger partial charge is 1.00 e. The Balaban J connectivity index is 0.00000180. The Hall–Kier alpha value is -1.62. The van der Waals surface area contributed by atoms with Gasteiger partial charge in [-0.1, -0.05) is 36.4 Å². The summed E-state index contributed by atoms with van der Waals surface area (Å²) in [5.74, 6) is -1.42. The van der Waals surface area contributed by atoms with E-state index in [0.29, 0.717) is 11.1 Å². The van der Waals surface area contributed by atoms with Crippen LogP contribution in [0.1, 0.15) is 22.1 Å². The zero-order valence-corrected chi connectivity index (χ0v) is 12.4. The number of carbonyl (C=O) groups excluding carboxylic acids is 2. The summed E-state index contributed by atoms with van der Waals surface area (Å²) in [5.41, 5.74) is 0.636. The van der Waals surface area contributed by atoms with E-state index in [0.717, 1.165) is 0 Å². The minimum atomic E-state index is -0.708. The molecule has 0 bridgehead atoms. The maximum absolute atomic E-state index is 11.5. The van der Waals surface area contributed by atoms with Gasteiger partial charge in [-0.2, -0.15) is 0 Å². The van der Waals surface area contributed by atoms with E-state index >= 15 is 0 Å². The van der Waals surface area contributed by atoms with Gasteiger partial charge in [-0.15, -0.1) is 0 Å². The molecule has 0 N–H and O–H groups in total. The first-order chi connectivity index (χ1) is 8.77. The third-order valence-electron chi connectivity index (χ3n) is 2.21. The van der Waals surface area contributed by atoms with Gasteiger partial charge in [0.05, 0.1) is 11.1 Å². The molecule has 0 saturated heterocycles. The second kappa shape index (κ2) is 7.74. The van der Waals surface area contributed by atoms with Crippen LogP contribution in [0.3, 0.4) is 0 Å². The van der Waals surface area contributed by atoms with Crippen molar-refractivity contribution in [3.05, 3.63) is 71.8 Å². The first kappa shape index (κ1) is 15.4. The molecule has 0 aliphatic heterocycles. The van der Waals surface area contributed by atoms with Gasteiger partial charge in [-0.3, -0.25) is 0 Å². The van der Waals surface area contributed by atoms with E-state index in [-0.39, 0.29) is 31.0 Å². The molecule has 0 aliphatic rings. The Labute approximate surface area is 134 Å². The molecular formula is C14H11NaO4. The predicted molar refractivity (Wildman–Crippen MR) is 64.8 cm³/mol. The molecule has 92 valence electrons. The molecule has 19 heavy (non-hydrogen) atoms. The van der Waals surface area contributed by atoms with Crippen molar-refractivity contribution in [2.75, 3.05) is 0 Å². The van der Waals surface area contributed by atoms with Crippen LogP contribution in [0.5, 0.6) is 0 Å². The van der Waals surface area contributed by atoms with Crippen LogP contribution in [-0.4, -0.2) is 11.9 Å². The summed E-state index contributed by atoms with van der Waals surface area (Å²) < 4.78 is 0. The molecule has 0 radical (unpaired) electrons. The van der Waals surface area contributed by atoms with Crippen molar-refractivity contribution in [3.63, 3.8) is 0 Å². The summed E-state index contributed by atoms with van der Waals surface area (Å²) in [6.45, 7) is 0. The van der Waals surface area contributed by atoms with Crippen molar-refractivity contribution in [2.45, 2.75) is 0 Å². The van der Waals surface area contributed by atoms with E-state index in [9.17, 15) is 9.59 Å². The Kier molecular flexibility index (Phi) is 6.29. The van der Waals surface area contributed by atoms with Crippen molar-refractivity contribution >= 4 is 11.9 Å². The maximum atomic E-state index is 11.5. The summed E-state index contributed by atoms with van der Waals surface area (Å²) in [6.07, 6.45) is 0. The average Bonchev–Trinajstić information content (AvgIpc) is 2.46. The molecule has 2 aromatic rings. The van der Waals surface area contributed by atoms with Gasteiger partial charge in [0.2, 0.25) is 0 Å². The summed E-state index contributed by atoms with van der Waals surface area (Å²) in [7, 11) is 0. The van der Waals surface area contributed by atoms with Crippen molar-refractivity contribution in [2.24, 2.45) is 0 Å². The number of hydrogen-bond acceptors (Lipinski definition) is 4. The Bertz CT molecular complexity index is 494. The molecule has 2 rings (SSSR count). The van der Waals surface area contributed by atoms with E-state index in [1.807, 2.05) is 0 Å². The van der Waals surface area contributed by atoms with Crippen LogP contribution in [0.15, 0.2) is 60.7 Å². The van der Waals surface area contributed by atoms with Crippen molar-refractivity contribution < 1.29 is 50.3 Å². The van der Waals surface area contributed by atoms with Gasteiger partial charge < -0.3 is 1.43 Å². The Morgan fingerprint density at radius 3 is 1.32 bits per heavy atom. The fraction of sp³-hybridized carbons (Fsp3) is 0. The molecule has 0 amide bonds.